The molecule has 0 saturated heterocycles. The van der Waals surface area contributed by atoms with Crippen LogP contribution in [0, 0.1) is 0 Å². The third kappa shape index (κ3) is 1.18. The van der Waals surface area contributed by atoms with Crippen LogP contribution in [0.3, 0.4) is 0 Å². The average molecular weight is 226 g/mol. The van der Waals surface area contributed by atoms with Crippen LogP contribution < -0.4 is 0 Å². The van der Waals surface area contributed by atoms with E-state index >= 15 is 0 Å². The molecule has 0 N–H and O–H groups in total. The maximum atomic E-state index is 11.4. The highest BCUT2D eigenvalue weighted by Gasteiger charge is 2.18. The van der Waals surface area contributed by atoms with Gasteiger partial charge in [-0.2, -0.15) is 0 Å². The summed E-state index contributed by atoms with van der Waals surface area (Å²) in [7, 11) is 0. The first-order valence-corrected chi connectivity index (χ1v) is 4.74. The molecule has 1 aliphatic rings. The van der Waals surface area contributed by atoms with E-state index in [0.717, 1.165) is 28.4 Å². The second kappa shape index (κ2) is 2.98. The number of hydrogen-bond donors (Lipinski definition) is 0. The number of carbonyl (C=O) groups is 1. The Labute approximate surface area is 79.1 Å². The minimum absolute atomic E-state index is 0.227. The van der Waals surface area contributed by atoms with Gasteiger partial charge in [0.15, 0.2) is 5.78 Å². The SMILES string of the molecule is O=C1CCCc2c(Br)cncc21. The van der Waals surface area contributed by atoms with Crippen molar-refractivity contribution in [2.45, 2.75) is 19.3 Å². The number of nitrogens with zero attached hydrogens (tertiary/aromatic N) is 1. The van der Waals surface area contributed by atoms with Crippen molar-refractivity contribution in [1.29, 1.82) is 0 Å². The quantitative estimate of drug-likeness (QED) is 0.679. The molecule has 1 heterocycles. The van der Waals surface area contributed by atoms with E-state index in [4.69, 9.17) is 0 Å². The Balaban J connectivity index is 2.59. The molecule has 3 heteroatoms. The summed E-state index contributed by atoms with van der Waals surface area (Å²) in [4.78, 5) is 15.4. The van der Waals surface area contributed by atoms with E-state index in [2.05, 4.69) is 20.9 Å². The lowest BCUT2D eigenvalue weighted by Crippen LogP contribution is -2.11. The molecular weight excluding hydrogens is 218 g/mol. The molecule has 1 aromatic rings. The smallest absolute Gasteiger partial charge is 0.164 e. The van der Waals surface area contributed by atoms with Crippen LogP contribution in [0.5, 0.6) is 0 Å². The van der Waals surface area contributed by atoms with Crippen LogP contribution in [0.4, 0.5) is 0 Å². The van der Waals surface area contributed by atoms with Gasteiger partial charge >= 0.3 is 0 Å². The molecule has 0 spiro atoms. The number of halogens is 1. The van der Waals surface area contributed by atoms with Gasteiger partial charge in [0, 0.05) is 28.9 Å². The maximum absolute atomic E-state index is 11.4. The van der Waals surface area contributed by atoms with E-state index in [1.165, 1.54) is 0 Å². The molecule has 0 amide bonds. The van der Waals surface area contributed by atoms with E-state index in [-0.39, 0.29) is 5.78 Å². The van der Waals surface area contributed by atoms with Crippen LogP contribution >= 0.6 is 15.9 Å². The molecule has 0 aliphatic heterocycles. The Morgan fingerprint density at radius 3 is 2.92 bits per heavy atom. The van der Waals surface area contributed by atoms with Crippen molar-refractivity contribution in [2.75, 3.05) is 0 Å². The van der Waals surface area contributed by atoms with E-state index in [1.807, 2.05) is 0 Å². The number of carbonyl (C=O) groups excluding carboxylic acids is 1. The van der Waals surface area contributed by atoms with Gasteiger partial charge in [-0.1, -0.05) is 0 Å². The summed E-state index contributed by atoms with van der Waals surface area (Å²) in [5.41, 5.74) is 1.93. The molecule has 0 atom stereocenters. The molecule has 0 aromatic carbocycles. The van der Waals surface area contributed by atoms with E-state index < -0.39 is 0 Å². The third-order valence-electron chi connectivity index (χ3n) is 2.14. The first-order chi connectivity index (χ1) is 5.79. The number of ketones is 1. The monoisotopic (exact) mass is 225 g/mol. The zero-order chi connectivity index (χ0) is 8.55. The molecule has 2 rings (SSSR count). The predicted octanol–water partition coefficient (Wildman–Crippen LogP) is 2.36. The molecule has 1 aliphatic carbocycles. The zero-order valence-electron chi connectivity index (χ0n) is 6.51. The standard InChI is InChI=1S/C9H8BrNO/c10-8-5-11-4-7-6(8)2-1-3-9(7)12/h4-5H,1-3H2. The largest absolute Gasteiger partial charge is 0.294 e. The first-order valence-electron chi connectivity index (χ1n) is 3.94. The van der Waals surface area contributed by atoms with E-state index in [9.17, 15) is 4.79 Å². The zero-order valence-corrected chi connectivity index (χ0v) is 8.10. The van der Waals surface area contributed by atoms with Crippen LogP contribution in [0.1, 0.15) is 28.8 Å². The van der Waals surface area contributed by atoms with Crippen LogP contribution in [0.2, 0.25) is 0 Å². The first kappa shape index (κ1) is 7.92. The Morgan fingerprint density at radius 2 is 2.17 bits per heavy atom. The topological polar surface area (TPSA) is 30.0 Å². The van der Waals surface area contributed by atoms with Crippen molar-refractivity contribution in [3.8, 4) is 0 Å². The molecule has 0 saturated carbocycles. The van der Waals surface area contributed by atoms with Gasteiger partial charge in [-0.05, 0) is 34.3 Å². The fourth-order valence-electron chi connectivity index (χ4n) is 1.52. The highest BCUT2D eigenvalue weighted by atomic mass is 79.9. The Bertz CT molecular complexity index is 335. The Morgan fingerprint density at radius 1 is 1.33 bits per heavy atom. The van der Waals surface area contributed by atoms with E-state index in [0.29, 0.717) is 6.42 Å². The summed E-state index contributed by atoms with van der Waals surface area (Å²) in [5.74, 6) is 0.227. The molecule has 62 valence electrons. The van der Waals surface area contributed by atoms with Crippen molar-refractivity contribution < 1.29 is 4.79 Å². The number of aromatic nitrogens is 1. The van der Waals surface area contributed by atoms with Gasteiger partial charge in [0.05, 0.1) is 0 Å². The molecule has 2 nitrogen and oxygen atoms in total. The molecule has 12 heavy (non-hydrogen) atoms. The lowest BCUT2D eigenvalue weighted by molar-refractivity contribution is 0.0972. The predicted molar refractivity (Wildman–Crippen MR) is 49.2 cm³/mol. The molecule has 0 radical (unpaired) electrons. The van der Waals surface area contributed by atoms with Gasteiger partial charge < -0.3 is 0 Å². The van der Waals surface area contributed by atoms with Crippen molar-refractivity contribution in [1.82, 2.24) is 4.98 Å². The van der Waals surface area contributed by atoms with Crippen molar-refractivity contribution in [3.63, 3.8) is 0 Å². The second-order valence-corrected chi connectivity index (χ2v) is 3.78. The average Bonchev–Trinajstić information content (AvgIpc) is 2.07. The van der Waals surface area contributed by atoms with Gasteiger partial charge in [0.2, 0.25) is 0 Å². The van der Waals surface area contributed by atoms with Gasteiger partial charge in [-0.15, -0.1) is 0 Å². The number of pyridine rings is 1. The highest BCUT2D eigenvalue weighted by Crippen LogP contribution is 2.26. The number of fused-ring (bicyclic) bond motifs is 1. The summed E-state index contributed by atoms with van der Waals surface area (Å²) in [6.07, 6.45) is 6.04. The minimum Gasteiger partial charge on any atom is -0.294 e. The third-order valence-corrected chi connectivity index (χ3v) is 2.82. The summed E-state index contributed by atoms with van der Waals surface area (Å²) >= 11 is 3.39. The molecule has 0 fully saturated rings. The van der Waals surface area contributed by atoms with Crippen molar-refractivity contribution in [2.24, 2.45) is 0 Å². The van der Waals surface area contributed by atoms with Gasteiger partial charge in [0.1, 0.15) is 0 Å². The molecule has 0 bridgehead atoms. The van der Waals surface area contributed by atoms with Crippen LogP contribution in [0.15, 0.2) is 16.9 Å². The Hall–Kier alpha value is -0.700. The summed E-state index contributed by atoms with van der Waals surface area (Å²) in [6, 6.07) is 0. The van der Waals surface area contributed by atoms with Crippen molar-refractivity contribution in [3.05, 3.63) is 28.0 Å². The van der Waals surface area contributed by atoms with Gasteiger partial charge in [-0.3, -0.25) is 9.78 Å². The Kier molecular flexibility index (Phi) is 1.97. The molecule has 0 unspecified atom stereocenters. The summed E-state index contributed by atoms with van der Waals surface area (Å²) in [5, 5.41) is 0. The van der Waals surface area contributed by atoms with Crippen molar-refractivity contribution >= 4 is 21.7 Å². The van der Waals surface area contributed by atoms with Crippen LogP contribution in [0.25, 0.3) is 0 Å². The fourth-order valence-corrected chi connectivity index (χ4v) is 2.05. The summed E-state index contributed by atoms with van der Waals surface area (Å²) < 4.78 is 0.966. The fraction of sp³-hybridized carbons (Fsp3) is 0.333. The van der Waals surface area contributed by atoms with Crippen LogP contribution in [-0.4, -0.2) is 10.8 Å². The number of hydrogen-bond acceptors (Lipinski definition) is 2. The normalized spacial score (nSPS) is 15.9. The van der Waals surface area contributed by atoms with E-state index in [1.54, 1.807) is 12.4 Å². The van der Waals surface area contributed by atoms with Crippen LogP contribution in [-0.2, 0) is 6.42 Å². The lowest BCUT2D eigenvalue weighted by atomic mass is 9.93. The van der Waals surface area contributed by atoms with Gasteiger partial charge in [0.25, 0.3) is 0 Å². The number of Topliss-reactive ketones (excluding diaryl/α,β-unsaturated/α-hetero) is 1. The highest BCUT2D eigenvalue weighted by molar-refractivity contribution is 9.10. The molecule has 1 aromatic heterocycles. The van der Waals surface area contributed by atoms with Gasteiger partial charge in [-0.25, -0.2) is 0 Å². The number of rotatable bonds is 0. The molecular formula is C9H8BrNO. The minimum atomic E-state index is 0.227. The summed E-state index contributed by atoms with van der Waals surface area (Å²) in [6.45, 7) is 0. The maximum Gasteiger partial charge on any atom is 0.164 e. The second-order valence-electron chi connectivity index (χ2n) is 2.92. The lowest BCUT2D eigenvalue weighted by Gasteiger charge is -2.14.